The lowest BCUT2D eigenvalue weighted by Crippen LogP contribution is -2.10. The van der Waals surface area contributed by atoms with Crippen molar-refractivity contribution in [1.82, 2.24) is 9.97 Å². The summed E-state index contributed by atoms with van der Waals surface area (Å²) in [4.78, 5) is 18.8. The van der Waals surface area contributed by atoms with E-state index in [1.165, 1.54) is 5.56 Å². The molecule has 2 heterocycles. The molecule has 0 unspecified atom stereocenters. The number of amides is 1. The predicted octanol–water partition coefficient (Wildman–Crippen LogP) is 2.64. The van der Waals surface area contributed by atoms with E-state index in [2.05, 4.69) is 23.0 Å². The molecule has 0 atom stereocenters. The number of nitrogens with one attached hydrogen (secondary N) is 1. The maximum absolute atomic E-state index is 11.2. The quantitative estimate of drug-likeness (QED) is 0.735. The molecule has 0 aliphatic heterocycles. The second kappa shape index (κ2) is 4.24. The van der Waals surface area contributed by atoms with Crippen molar-refractivity contribution in [3.63, 3.8) is 0 Å². The zero-order chi connectivity index (χ0) is 13.4. The van der Waals surface area contributed by atoms with Crippen LogP contribution >= 0.6 is 0 Å². The Morgan fingerprint density at radius 3 is 2.95 bits per heavy atom. The molecule has 4 nitrogen and oxygen atoms in total. The number of aryl methyl sites for hydroxylation is 1. The highest BCUT2D eigenvalue weighted by Gasteiger charge is 2.10. The van der Waals surface area contributed by atoms with Crippen LogP contribution in [0.4, 0.5) is 0 Å². The van der Waals surface area contributed by atoms with Gasteiger partial charge in [-0.1, -0.05) is 18.2 Å². The molecule has 3 aromatic rings. The largest absolute Gasteiger partial charge is 0.366 e. The Morgan fingerprint density at radius 1 is 1.32 bits per heavy atom. The summed E-state index contributed by atoms with van der Waals surface area (Å²) in [6.07, 6.45) is 3.51. The van der Waals surface area contributed by atoms with E-state index in [9.17, 15) is 4.79 Å². The minimum atomic E-state index is -0.445. The highest BCUT2D eigenvalue weighted by atomic mass is 16.1. The first-order valence-electron chi connectivity index (χ1n) is 6.00. The van der Waals surface area contributed by atoms with Gasteiger partial charge in [0, 0.05) is 34.4 Å². The second-order valence-corrected chi connectivity index (χ2v) is 4.49. The molecule has 1 amide bonds. The number of primary amides is 1. The zero-order valence-corrected chi connectivity index (χ0v) is 10.5. The SMILES string of the molecule is Cc1cccc2c(-c3cc(C(N)=O)ccn3)c[nH]c12. The van der Waals surface area contributed by atoms with Crippen molar-refractivity contribution in [3.8, 4) is 11.3 Å². The lowest BCUT2D eigenvalue weighted by Gasteiger charge is -2.01. The summed E-state index contributed by atoms with van der Waals surface area (Å²) in [6.45, 7) is 2.05. The fourth-order valence-corrected chi connectivity index (χ4v) is 2.25. The molecule has 1 aromatic carbocycles. The Kier molecular flexibility index (Phi) is 2.56. The number of fused-ring (bicyclic) bond motifs is 1. The van der Waals surface area contributed by atoms with Crippen LogP contribution in [-0.4, -0.2) is 15.9 Å². The van der Waals surface area contributed by atoms with Gasteiger partial charge >= 0.3 is 0 Å². The maximum Gasteiger partial charge on any atom is 0.248 e. The standard InChI is InChI=1S/C15H13N3O/c1-9-3-2-4-11-12(8-18-14(9)11)13-7-10(15(16)19)5-6-17-13/h2-8,18H,1H3,(H2,16,19). The summed E-state index contributed by atoms with van der Waals surface area (Å²) >= 11 is 0. The number of nitrogens with zero attached hydrogens (tertiary/aromatic N) is 1. The number of nitrogens with two attached hydrogens (primary N) is 1. The van der Waals surface area contributed by atoms with Crippen LogP contribution in [-0.2, 0) is 0 Å². The number of aromatic nitrogens is 2. The number of carbonyl (C=O) groups is 1. The van der Waals surface area contributed by atoms with E-state index in [-0.39, 0.29) is 0 Å². The van der Waals surface area contributed by atoms with Gasteiger partial charge in [-0.05, 0) is 24.6 Å². The second-order valence-electron chi connectivity index (χ2n) is 4.49. The summed E-state index contributed by atoms with van der Waals surface area (Å²) in [6, 6.07) is 9.43. The number of hydrogen-bond acceptors (Lipinski definition) is 2. The van der Waals surface area contributed by atoms with Crippen LogP contribution in [0.1, 0.15) is 15.9 Å². The average molecular weight is 251 g/mol. The third-order valence-electron chi connectivity index (χ3n) is 3.24. The number of para-hydroxylation sites is 1. The van der Waals surface area contributed by atoms with Crippen LogP contribution < -0.4 is 5.73 Å². The van der Waals surface area contributed by atoms with E-state index in [0.29, 0.717) is 5.56 Å². The molecule has 0 aliphatic rings. The van der Waals surface area contributed by atoms with Crippen LogP contribution in [0.25, 0.3) is 22.2 Å². The highest BCUT2D eigenvalue weighted by Crippen LogP contribution is 2.29. The molecule has 3 N–H and O–H groups in total. The monoisotopic (exact) mass is 251 g/mol. The molecule has 0 spiro atoms. The first-order chi connectivity index (χ1) is 9.16. The van der Waals surface area contributed by atoms with Crippen molar-refractivity contribution in [2.75, 3.05) is 0 Å². The van der Waals surface area contributed by atoms with Crippen molar-refractivity contribution in [3.05, 3.63) is 53.9 Å². The van der Waals surface area contributed by atoms with Crippen molar-refractivity contribution in [2.24, 2.45) is 5.73 Å². The predicted molar refractivity (Wildman–Crippen MR) is 74.8 cm³/mol. The Bertz CT molecular complexity index is 774. The molecule has 3 rings (SSSR count). The average Bonchev–Trinajstić information content (AvgIpc) is 2.84. The van der Waals surface area contributed by atoms with E-state index < -0.39 is 5.91 Å². The minimum Gasteiger partial charge on any atom is -0.366 e. The number of aromatic amines is 1. The number of hydrogen-bond donors (Lipinski definition) is 2. The number of pyridine rings is 1. The summed E-state index contributed by atoms with van der Waals surface area (Å²) in [7, 11) is 0. The van der Waals surface area contributed by atoms with Crippen molar-refractivity contribution in [1.29, 1.82) is 0 Å². The smallest absolute Gasteiger partial charge is 0.248 e. The maximum atomic E-state index is 11.2. The molecular weight excluding hydrogens is 238 g/mol. The molecule has 0 saturated heterocycles. The van der Waals surface area contributed by atoms with Gasteiger partial charge in [-0.25, -0.2) is 0 Å². The van der Waals surface area contributed by atoms with Crippen molar-refractivity contribution < 1.29 is 4.79 Å². The van der Waals surface area contributed by atoms with Crippen LogP contribution in [0, 0.1) is 6.92 Å². The van der Waals surface area contributed by atoms with Crippen molar-refractivity contribution >= 4 is 16.8 Å². The first-order valence-corrected chi connectivity index (χ1v) is 6.00. The Morgan fingerprint density at radius 2 is 2.16 bits per heavy atom. The highest BCUT2D eigenvalue weighted by molar-refractivity contribution is 5.98. The van der Waals surface area contributed by atoms with Crippen LogP contribution in [0.15, 0.2) is 42.7 Å². The summed E-state index contributed by atoms with van der Waals surface area (Å²) < 4.78 is 0. The molecule has 0 saturated carbocycles. The number of rotatable bonds is 2. The van der Waals surface area contributed by atoms with E-state index in [4.69, 9.17) is 5.73 Å². The molecule has 0 bridgehead atoms. The van der Waals surface area contributed by atoms with Crippen molar-refractivity contribution in [2.45, 2.75) is 6.92 Å². The zero-order valence-electron chi connectivity index (χ0n) is 10.5. The van der Waals surface area contributed by atoms with Gasteiger partial charge < -0.3 is 10.7 Å². The molecule has 0 fully saturated rings. The number of benzene rings is 1. The van der Waals surface area contributed by atoms with Gasteiger partial charge in [0.25, 0.3) is 0 Å². The van der Waals surface area contributed by atoms with E-state index >= 15 is 0 Å². The van der Waals surface area contributed by atoms with Gasteiger partial charge in [-0.3, -0.25) is 9.78 Å². The van der Waals surface area contributed by atoms with Crippen LogP contribution in [0.5, 0.6) is 0 Å². The number of carbonyl (C=O) groups excluding carboxylic acids is 1. The number of H-pyrrole nitrogens is 1. The fourth-order valence-electron chi connectivity index (χ4n) is 2.25. The molecular formula is C15H13N3O. The van der Waals surface area contributed by atoms with Gasteiger partial charge in [-0.2, -0.15) is 0 Å². The lowest BCUT2D eigenvalue weighted by atomic mass is 10.1. The van der Waals surface area contributed by atoms with Gasteiger partial charge in [0.15, 0.2) is 0 Å². The molecule has 0 aliphatic carbocycles. The topological polar surface area (TPSA) is 71.8 Å². The molecule has 19 heavy (non-hydrogen) atoms. The van der Waals surface area contributed by atoms with E-state index in [0.717, 1.165) is 22.2 Å². The molecule has 0 radical (unpaired) electrons. The molecule has 94 valence electrons. The summed E-state index contributed by atoms with van der Waals surface area (Å²) in [5, 5.41) is 1.09. The van der Waals surface area contributed by atoms with Gasteiger partial charge in [0.1, 0.15) is 0 Å². The lowest BCUT2D eigenvalue weighted by molar-refractivity contribution is 0.1000. The summed E-state index contributed by atoms with van der Waals surface area (Å²) in [5.41, 5.74) is 9.74. The van der Waals surface area contributed by atoms with Gasteiger partial charge in [-0.15, -0.1) is 0 Å². The summed E-state index contributed by atoms with van der Waals surface area (Å²) in [5.74, 6) is -0.445. The third-order valence-corrected chi connectivity index (χ3v) is 3.24. The van der Waals surface area contributed by atoms with Crippen LogP contribution in [0.3, 0.4) is 0 Å². The minimum absolute atomic E-state index is 0.445. The van der Waals surface area contributed by atoms with Crippen LogP contribution in [0.2, 0.25) is 0 Å². The third kappa shape index (κ3) is 1.87. The van der Waals surface area contributed by atoms with Gasteiger partial charge in [0.2, 0.25) is 5.91 Å². The first kappa shape index (κ1) is 11.5. The molecule has 2 aromatic heterocycles. The Labute approximate surface area is 110 Å². The normalized spacial score (nSPS) is 10.8. The van der Waals surface area contributed by atoms with Gasteiger partial charge in [0.05, 0.1) is 5.69 Å². The molecule has 4 heteroatoms. The fraction of sp³-hybridized carbons (Fsp3) is 0.0667. The Hall–Kier alpha value is -2.62. The van der Waals surface area contributed by atoms with E-state index in [1.807, 2.05) is 18.3 Å². The Balaban J connectivity index is 2.22. The van der Waals surface area contributed by atoms with E-state index in [1.54, 1.807) is 18.3 Å².